The maximum absolute atomic E-state index is 5.10. The standard InChI is InChI=1S/C11H18BrN3O/c1-7(6-12)9(3)14-11-13-8(2)5-10(15-11)16-4/h5,7,9H,6H2,1-4H3,(H,13,14,15). The molecule has 90 valence electrons. The summed E-state index contributed by atoms with van der Waals surface area (Å²) in [5.41, 5.74) is 0.896. The molecule has 0 amide bonds. The fraction of sp³-hybridized carbons (Fsp3) is 0.636. The van der Waals surface area contributed by atoms with E-state index in [0.717, 1.165) is 11.0 Å². The average Bonchev–Trinajstić information content (AvgIpc) is 2.26. The van der Waals surface area contributed by atoms with Crippen molar-refractivity contribution in [1.29, 1.82) is 0 Å². The van der Waals surface area contributed by atoms with E-state index in [2.05, 4.69) is 45.1 Å². The number of nitrogens with one attached hydrogen (secondary N) is 1. The molecule has 1 rings (SSSR count). The molecule has 1 aromatic rings. The summed E-state index contributed by atoms with van der Waals surface area (Å²) in [4.78, 5) is 8.57. The Labute approximate surface area is 105 Å². The molecule has 0 saturated carbocycles. The second-order valence-corrected chi connectivity index (χ2v) is 4.59. The largest absolute Gasteiger partial charge is 0.481 e. The highest BCUT2D eigenvalue weighted by Crippen LogP contribution is 2.15. The van der Waals surface area contributed by atoms with Gasteiger partial charge in [0.15, 0.2) is 0 Å². The fourth-order valence-corrected chi connectivity index (χ4v) is 1.75. The van der Waals surface area contributed by atoms with Crippen LogP contribution in [0, 0.1) is 12.8 Å². The van der Waals surface area contributed by atoms with Gasteiger partial charge in [-0.05, 0) is 19.8 Å². The van der Waals surface area contributed by atoms with Gasteiger partial charge in [-0.3, -0.25) is 0 Å². The van der Waals surface area contributed by atoms with Crippen LogP contribution in [0.3, 0.4) is 0 Å². The van der Waals surface area contributed by atoms with E-state index >= 15 is 0 Å². The lowest BCUT2D eigenvalue weighted by Gasteiger charge is -2.19. The van der Waals surface area contributed by atoms with Gasteiger partial charge in [-0.15, -0.1) is 0 Å². The zero-order chi connectivity index (χ0) is 12.1. The number of hydrogen-bond donors (Lipinski definition) is 1. The quantitative estimate of drug-likeness (QED) is 0.846. The van der Waals surface area contributed by atoms with E-state index in [-0.39, 0.29) is 0 Å². The van der Waals surface area contributed by atoms with Crippen LogP contribution in [0.1, 0.15) is 19.5 Å². The molecule has 0 aliphatic heterocycles. The summed E-state index contributed by atoms with van der Waals surface area (Å²) in [6, 6.07) is 2.12. The molecule has 2 atom stereocenters. The molecule has 0 aromatic carbocycles. The smallest absolute Gasteiger partial charge is 0.226 e. The number of methoxy groups -OCH3 is 1. The van der Waals surface area contributed by atoms with Crippen molar-refractivity contribution in [2.45, 2.75) is 26.8 Å². The third-order valence-electron chi connectivity index (χ3n) is 2.49. The molecule has 0 radical (unpaired) electrons. The summed E-state index contributed by atoms with van der Waals surface area (Å²) in [6.07, 6.45) is 0. The minimum atomic E-state index is 0.311. The molecule has 1 N–H and O–H groups in total. The fourth-order valence-electron chi connectivity index (χ4n) is 1.19. The van der Waals surface area contributed by atoms with Gasteiger partial charge in [0.1, 0.15) is 0 Å². The molecule has 2 unspecified atom stereocenters. The minimum absolute atomic E-state index is 0.311. The summed E-state index contributed by atoms with van der Waals surface area (Å²) < 4.78 is 5.10. The highest BCUT2D eigenvalue weighted by atomic mass is 79.9. The number of anilines is 1. The molecule has 0 aliphatic rings. The zero-order valence-electron chi connectivity index (χ0n) is 10.1. The summed E-state index contributed by atoms with van der Waals surface area (Å²) in [6.45, 7) is 6.21. The van der Waals surface area contributed by atoms with Crippen molar-refractivity contribution >= 4 is 21.9 Å². The Balaban J connectivity index is 2.76. The normalized spacial score (nSPS) is 14.3. The number of aryl methyl sites for hydroxylation is 1. The SMILES string of the molecule is COc1cc(C)nc(NC(C)C(C)CBr)n1. The number of alkyl halides is 1. The third-order valence-corrected chi connectivity index (χ3v) is 3.51. The molecule has 1 heterocycles. The predicted octanol–water partition coefficient (Wildman–Crippen LogP) is 2.63. The van der Waals surface area contributed by atoms with Gasteiger partial charge in [0, 0.05) is 23.1 Å². The Bertz CT molecular complexity index is 346. The molecular formula is C11H18BrN3O. The molecule has 1 aromatic heterocycles. The molecule has 0 aliphatic carbocycles. The number of ether oxygens (including phenoxy) is 1. The van der Waals surface area contributed by atoms with Crippen LogP contribution in [0.2, 0.25) is 0 Å². The van der Waals surface area contributed by atoms with Crippen molar-refractivity contribution in [2.75, 3.05) is 17.8 Å². The van der Waals surface area contributed by atoms with Crippen LogP contribution in [0.4, 0.5) is 5.95 Å². The first-order valence-corrected chi connectivity index (χ1v) is 6.41. The average molecular weight is 288 g/mol. The van der Waals surface area contributed by atoms with Gasteiger partial charge < -0.3 is 10.1 Å². The second-order valence-electron chi connectivity index (χ2n) is 3.94. The van der Waals surface area contributed by atoms with Crippen LogP contribution >= 0.6 is 15.9 Å². The minimum Gasteiger partial charge on any atom is -0.481 e. The number of rotatable bonds is 5. The van der Waals surface area contributed by atoms with Crippen LogP contribution in [-0.2, 0) is 0 Å². The van der Waals surface area contributed by atoms with Crippen LogP contribution in [0.25, 0.3) is 0 Å². The van der Waals surface area contributed by atoms with E-state index in [1.165, 1.54) is 0 Å². The molecule has 0 spiro atoms. The number of hydrogen-bond acceptors (Lipinski definition) is 4. The number of nitrogens with zero attached hydrogens (tertiary/aromatic N) is 2. The predicted molar refractivity (Wildman–Crippen MR) is 69.4 cm³/mol. The van der Waals surface area contributed by atoms with Gasteiger partial charge >= 0.3 is 0 Å². The van der Waals surface area contributed by atoms with Crippen molar-refractivity contribution < 1.29 is 4.74 Å². The number of aromatic nitrogens is 2. The molecule has 0 bridgehead atoms. The maximum Gasteiger partial charge on any atom is 0.226 e. The topological polar surface area (TPSA) is 47.0 Å². The Morgan fingerprint density at radius 1 is 1.44 bits per heavy atom. The van der Waals surface area contributed by atoms with E-state index in [1.54, 1.807) is 7.11 Å². The van der Waals surface area contributed by atoms with Crippen molar-refractivity contribution in [1.82, 2.24) is 9.97 Å². The monoisotopic (exact) mass is 287 g/mol. The van der Waals surface area contributed by atoms with Crippen molar-refractivity contribution in [3.63, 3.8) is 0 Å². The lowest BCUT2D eigenvalue weighted by Crippen LogP contribution is -2.26. The van der Waals surface area contributed by atoms with Crippen molar-refractivity contribution in [2.24, 2.45) is 5.92 Å². The molecular weight excluding hydrogens is 270 g/mol. The second kappa shape index (κ2) is 6.03. The van der Waals surface area contributed by atoms with E-state index in [9.17, 15) is 0 Å². The summed E-state index contributed by atoms with van der Waals surface area (Å²) >= 11 is 3.47. The summed E-state index contributed by atoms with van der Waals surface area (Å²) in [5, 5.41) is 4.22. The molecule has 16 heavy (non-hydrogen) atoms. The Morgan fingerprint density at radius 2 is 2.12 bits per heavy atom. The van der Waals surface area contributed by atoms with Gasteiger partial charge in [-0.2, -0.15) is 4.98 Å². The van der Waals surface area contributed by atoms with Crippen LogP contribution in [-0.4, -0.2) is 28.4 Å². The van der Waals surface area contributed by atoms with Crippen molar-refractivity contribution in [3.8, 4) is 5.88 Å². The van der Waals surface area contributed by atoms with E-state index in [0.29, 0.717) is 23.8 Å². The molecule has 4 nitrogen and oxygen atoms in total. The van der Waals surface area contributed by atoms with Crippen LogP contribution in [0.5, 0.6) is 5.88 Å². The van der Waals surface area contributed by atoms with Crippen LogP contribution < -0.4 is 10.1 Å². The van der Waals surface area contributed by atoms with Gasteiger partial charge in [0.05, 0.1) is 7.11 Å². The number of halogens is 1. The summed E-state index contributed by atoms with van der Waals surface area (Å²) in [5.74, 6) is 1.72. The first-order chi connectivity index (χ1) is 7.56. The highest BCUT2D eigenvalue weighted by molar-refractivity contribution is 9.09. The Morgan fingerprint density at radius 3 is 2.69 bits per heavy atom. The molecule has 5 heteroatoms. The maximum atomic E-state index is 5.10. The van der Waals surface area contributed by atoms with E-state index in [1.807, 2.05) is 13.0 Å². The van der Waals surface area contributed by atoms with Crippen LogP contribution in [0.15, 0.2) is 6.07 Å². The van der Waals surface area contributed by atoms with Gasteiger partial charge in [0.25, 0.3) is 0 Å². The molecule has 0 fully saturated rings. The van der Waals surface area contributed by atoms with E-state index in [4.69, 9.17) is 4.74 Å². The first kappa shape index (κ1) is 13.2. The third kappa shape index (κ3) is 3.63. The first-order valence-electron chi connectivity index (χ1n) is 5.29. The Hall–Kier alpha value is -0.840. The zero-order valence-corrected chi connectivity index (χ0v) is 11.7. The van der Waals surface area contributed by atoms with Gasteiger partial charge in [0.2, 0.25) is 11.8 Å². The lowest BCUT2D eigenvalue weighted by molar-refractivity contribution is 0.396. The highest BCUT2D eigenvalue weighted by Gasteiger charge is 2.12. The Kier molecular flexibility index (Phi) is 4.99. The molecule has 0 saturated heterocycles. The van der Waals surface area contributed by atoms with Crippen molar-refractivity contribution in [3.05, 3.63) is 11.8 Å². The summed E-state index contributed by atoms with van der Waals surface area (Å²) in [7, 11) is 1.61. The lowest BCUT2D eigenvalue weighted by atomic mass is 10.1. The van der Waals surface area contributed by atoms with E-state index < -0.39 is 0 Å². The van der Waals surface area contributed by atoms with Gasteiger partial charge in [-0.1, -0.05) is 22.9 Å². The van der Waals surface area contributed by atoms with Gasteiger partial charge in [-0.25, -0.2) is 4.98 Å².